The van der Waals surface area contributed by atoms with Crippen LogP contribution >= 0.6 is 0 Å². The van der Waals surface area contributed by atoms with E-state index in [9.17, 15) is 18.0 Å². The Labute approximate surface area is 170 Å². The van der Waals surface area contributed by atoms with E-state index < -0.39 is 35.1 Å². The van der Waals surface area contributed by atoms with Gasteiger partial charge >= 0.3 is 5.97 Å². The first kappa shape index (κ1) is 21.0. The van der Waals surface area contributed by atoms with Crippen molar-refractivity contribution in [3.05, 3.63) is 59.7 Å². The lowest BCUT2D eigenvalue weighted by molar-refractivity contribution is -0.146. The molecule has 0 spiro atoms. The van der Waals surface area contributed by atoms with E-state index in [4.69, 9.17) is 4.74 Å². The molecule has 0 aromatic heterocycles. The van der Waals surface area contributed by atoms with Crippen molar-refractivity contribution in [2.45, 2.75) is 30.6 Å². The minimum absolute atomic E-state index is 0.130. The predicted molar refractivity (Wildman–Crippen MR) is 109 cm³/mol. The number of esters is 1. The van der Waals surface area contributed by atoms with E-state index in [1.54, 1.807) is 43.4 Å². The van der Waals surface area contributed by atoms with Crippen LogP contribution in [0.25, 0.3) is 0 Å². The normalized spacial score (nSPS) is 13.4. The van der Waals surface area contributed by atoms with Crippen molar-refractivity contribution in [2.24, 2.45) is 0 Å². The molecule has 2 aromatic rings. The molecule has 8 heteroatoms. The fourth-order valence-electron chi connectivity index (χ4n) is 3.20. The first-order valence-electron chi connectivity index (χ1n) is 9.45. The predicted octanol–water partition coefficient (Wildman–Crippen LogP) is 2.05. The van der Waals surface area contributed by atoms with Crippen molar-refractivity contribution in [2.75, 3.05) is 25.1 Å². The van der Waals surface area contributed by atoms with Gasteiger partial charge in [0.15, 0.2) is 6.61 Å². The van der Waals surface area contributed by atoms with Gasteiger partial charge in [0.05, 0.1) is 4.90 Å². The molecule has 1 amide bonds. The minimum atomic E-state index is -3.83. The standard InChI is InChI=1S/C21H24N2O5S/c1-23(18-9-3-2-4-10-18)20(24)15-28-21(25)14-22-29(26,27)19-12-11-16-7-5-6-8-17(16)13-19/h2-4,9-13,22H,5-8,14-15H2,1H3. The zero-order valence-corrected chi connectivity index (χ0v) is 17.1. The zero-order chi connectivity index (χ0) is 20.9. The molecule has 154 valence electrons. The highest BCUT2D eigenvalue weighted by Crippen LogP contribution is 2.24. The van der Waals surface area contributed by atoms with Crippen LogP contribution < -0.4 is 9.62 Å². The molecule has 0 bridgehead atoms. The number of hydrogen-bond donors (Lipinski definition) is 1. The Morgan fingerprint density at radius 3 is 2.45 bits per heavy atom. The van der Waals surface area contributed by atoms with Crippen molar-refractivity contribution in [1.82, 2.24) is 4.72 Å². The number of hydrogen-bond acceptors (Lipinski definition) is 5. The van der Waals surface area contributed by atoms with Crippen LogP contribution in [0, 0.1) is 0 Å². The van der Waals surface area contributed by atoms with Crippen LogP contribution in [0.5, 0.6) is 0 Å². The van der Waals surface area contributed by atoms with Gasteiger partial charge < -0.3 is 9.64 Å². The number of nitrogens with zero attached hydrogens (tertiary/aromatic N) is 1. The van der Waals surface area contributed by atoms with Crippen LogP contribution in [0.15, 0.2) is 53.4 Å². The number of carbonyl (C=O) groups excluding carboxylic acids is 2. The quantitative estimate of drug-likeness (QED) is 0.698. The Morgan fingerprint density at radius 1 is 1.03 bits per heavy atom. The maximum atomic E-state index is 12.5. The lowest BCUT2D eigenvalue weighted by atomic mass is 9.92. The number of nitrogens with one attached hydrogen (secondary N) is 1. The van der Waals surface area contributed by atoms with Gasteiger partial charge in [-0.2, -0.15) is 4.72 Å². The Balaban J connectivity index is 1.51. The fraction of sp³-hybridized carbons (Fsp3) is 0.333. The minimum Gasteiger partial charge on any atom is -0.455 e. The molecular weight excluding hydrogens is 392 g/mol. The van der Waals surface area contributed by atoms with Gasteiger partial charge in [0.25, 0.3) is 5.91 Å². The van der Waals surface area contributed by atoms with Crippen molar-refractivity contribution >= 4 is 27.6 Å². The van der Waals surface area contributed by atoms with Crippen LogP contribution in [0.2, 0.25) is 0 Å². The first-order valence-corrected chi connectivity index (χ1v) is 10.9. The highest BCUT2D eigenvalue weighted by atomic mass is 32.2. The number of likely N-dealkylation sites (N-methyl/N-ethyl adjacent to an activating group) is 1. The third-order valence-electron chi connectivity index (χ3n) is 4.91. The van der Waals surface area contributed by atoms with Crippen LogP contribution in [0.1, 0.15) is 24.0 Å². The first-order chi connectivity index (χ1) is 13.9. The molecule has 0 heterocycles. The molecule has 2 aromatic carbocycles. The third-order valence-corrected chi connectivity index (χ3v) is 6.31. The van der Waals surface area contributed by atoms with Gasteiger partial charge in [0.1, 0.15) is 6.54 Å². The number of benzene rings is 2. The summed E-state index contributed by atoms with van der Waals surface area (Å²) >= 11 is 0. The smallest absolute Gasteiger partial charge is 0.321 e. The summed E-state index contributed by atoms with van der Waals surface area (Å²) < 4.78 is 32.1. The molecule has 1 aliphatic rings. The highest BCUT2D eigenvalue weighted by Gasteiger charge is 2.20. The monoisotopic (exact) mass is 416 g/mol. The lowest BCUT2D eigenvalue weighted by Gasteiger charge is -2.17. The number of ether oxygens (including phenoxy) is 1. The summed E-state index contributed by atoms with van der Waals surface area (Å²) in [7, 11) is -2.26. The fourth-order valence-corrected chi connectivity index (χ4v) is 4.22. The molecule has 1 aliphatic carbocycles. The topological polar surface area (TPSA) is 92.8 Å². The Hall–Kier alpha value is -2.71. The highest BCUT2D eigenvalue weighted by molar-refractivity contribution is 7.89. The second-order valence-electron chi connectivity index (χ2n) is 6.91. The van der Waals surface area contributed by atoms with E-state index in [0.29, 0.717) is 5.69 Å². The Kier molecular flexibility index (Phi) is 6.66. The van der Waals surface area contributed by atoms with Gasteiger partial charge in [-0.1, -0.05) is 24.3 Å². The average molecular weight is 416 g/mol. The van der Waals surface area contributed by atoms with Gasteiger partial charge in [-0.3, -0.25) is 9.59 Å². The SMILES string of the molecule is CN(C(=O)COC(=O)CNS(=O)(=O)c1ccc2c(c1)CCCC2)c1ccccc1. The number of rotatable bonds is 7. The van der Waals surface area contributed by atoms with Gasteiger partial charge in [-0.05, 0) is 61.1 Å². The molecular formula is C21H24N2O5S. The van der Waals surface area contributed by atoms with E-state index in [1.807, 2.05) is 12.1 Å². The number of carbonyl (C=O) groups is 2. The molecule has 0 saturated heterocycles. The van der Waals surface area contributed by atoms with Crippen LogP contribution in [0.4, 0.5) is 5.69 Å². The second-order valence-corrected chi connectivity index (χ2v) is 8.68. The van der Waals surface area contributed by atoms with E-state index >= 15 is 0 Å². The Morgan fingerprint density at radius 2 is 1.72 bits per heavy atom. The second kappa shape index (κ2) is 9.19. The lowest BCUT2D eigenvalue weighted by Crippen LogP contribution is -2.34. The van der Waals surface area contributed by atoms with Crippen LogP contribution in [-0.2, 0) is 37.2 Å². The molecule has 0 aliphatic heterocycles. The number of amides is 1. The van der Waals surface area contributed by atoms with E-state index in [2.05, 4.69) is 4.72 Å². The molecule has 7 nitrogen and oxygen atoms in total. The van der Waals surface area contributed by atoms with Gasteiger partial charge in [-0.15, -0.1) is 0 Å². The third kappa shape index (κ3) is 5.42. The summed E-state index contributed by atoms with van der Waals surface area (Å²) in [5.74, 6) is -1.23. The number of sulfonamides is 1. The van der Waals surface area contributed by atoms with Crippen molar-refractivity contribution < 1.29 is 22.7 Å². The van der Waals surface area contributed by atoms with Crippen molar-refractivity contribution in [3.8, 4) is 0 Å². The summed E-state index contributed by atoms with van der Waals surface area (Å²) in [4.78, 5) is 25.5. The summed E-state index contributed by atoms with van der Waals surface area (Å²) in [5, 5.41) is 0. The maximum Gasteiger partial charge on any atom is 0.321 e. The van der Waals surface area contributed by atoms with Crippen LogP contribution in [-0.4, -0.2) is 40.5 Å². The molecule has 0 atom stereocenters. The Bertz CT molecular complexity index is 989. The van der Waals surface area contributed by atoms with Gasteiger partial charge in [0.2, 0.25) is 10.0 Å². The van der Waals surface area contributed by atoms with Crippen molar-refractivity contribution in [3.63, 3.8) is 0 Å². The molecule has 29 heavy (non-hydrogen) atoms. The van der Waals surface area contributed by atoms with Crippen LogP contribution in [0.3, 0.4) is 0 Å². The molecule has 3 rings (SSSR count). The summed E-state index contributed by atoms with van der Waals surface area (Å²) in [6.07, 6.45) is 3.97. The molecule has 0 unspecified atom stereocenters. The van der Waals surface area contributed by atoms with Crippen molar-refractivity contribution in [1.29, 1.82) is 0 Å². The average Bonchev–Trinajstić information content (AvgIpc) is 2.75. The number of aryl methyl sites for hydroxylation is 2. The number of fused-ring (bicyclic) bond motifs is 1. The zero-order valence-electron chi connectivity index (χ0n) is 16.3. The number of anilines is 1. The van der Waals surface area contributed by atoms with E-state index in [1.165, 1.54) is 10.5 Å². The summed E-state index contributed by atoms with van der Waals surface area (Å²) in [6, 6.07) is 14.0. The summed E-state index contributed by atoms with van der Waals surface area (Å²) in [6.45, 7) is -1.01. The molecule has 0 saturated carbocycles. The van der Waals surface area contributed by atoms with E-state index in [0.717, 1.165) is 31.2 Å². The van der Waals surface area contributed by atoms with E-state index in [-0.39, 0.29) is 4.90 Å². The van der Waals surface area contributed by atoms with Gasteiger partial charge in [0, 0.05) is 12.7 Å². The molecule has 0 radical (unpaired) electrons. The molecule has 0 fully saturated rings. The van der Waals surface area contributed by atoms with Gasteiger partial charge in [-0.25, -0.2) is 8.42 Å². The maximum absolute atomic E-state index is 12.5. The molecule has 1 N–H and O–H groups in total. The summed E-state index contributed by atoms with van der Waals surface area (Å²) in [5.41, 5.74) is 2.88. The largest absolute Gasteiger partial charge is 0.455 e. The number of para-hydroxylation sites is 1.